The fraction of sp³-hybridized carbons (Fsp3) is 0.647. The van der Waals surface area contributed by atoms with E-state index in [2.05, 4.69) is 31.0 Å². The van der Waals surface area contributed by atoms with Gasteiger partial charge in [-0.15, -0.1) is 0 Å². The van der Waals surface area contributed by atoms with Crippen molar-refractivity contribution in [3.63, 3.8) is 0 Å². The minimum atomic E-state index is -0.188. The zero-order valence-corrected chi connectivity index (χ0v) is 13.3. The van der Waals surface area contributed by atoms with Crippen molar-refractivity contribution in [2.45, 2.75) is 45.4 Å². The Hall–Kier alpha value is -0.970. The van der Waals surface area contributed by atoms with Gasteiger partial charge in [0.05, 0.1) is 18.8 Å². The summed E-state index contributed by atoms with van der Waals surface area (Å²) in [5, 5.41) is 3.52. The van der Waals surface area contributed by atoms with Gasteiger partial charge in [-0.1, -0.05) is 19.1 Å². The Bertz CT molecular complexity index is 439. The van der Waals surface area contributed by atoms with Crippen molar-refractivity contribution in [1.82, 2.24) is 10.2 Å². The summed E-state index contributed by atoms with van der Waals surface area (Å²) >= 11 is 0. The third-order valence-electron chi connectivity index (χ3n) is 4.05. The monoisotopic (exact) mass is 294 g/mol. The number of benzene rings is 1. The van der Waals surface area contributed by atoms with E-state index < -0.39 is 0 Å². The second-order valence-electron chi connectivity index (χ2n) is 5.98. The van der Waals surface area contributed by atoms with Crippen LogP contribution in [0.1, 0.15) is 38.8 Å². The summed E-state index contributed by atoms with van der Waals surface area (Å²) in [6.45, 7) is 10.1. The average molecular weight is 294 g/mol. The molecule has 0 radical (unpaired) electrons. The van der Waals surface area contributed by atoms with Gasteiger partial charge in [0, 0.05) is 19.1 Å². The van der Waals surface area contributed by atoms with E-state index in [9.17, 15) is 4.39 Å². The van der Waals surface area contributed by atoms with Crippen molar-refractivity contribution in [1.29, 1.82) is 0 Å². The number of rotatable bonds is 6. The lowest BCUT2D eigenvalue weighted by Crippen LogP contribution is -2.50. The normalized spacial score (nSPS) is 21.7. The molecule has 1 heterocycles. The molecule has 1 N–H and O–H groups in total. The Morgan fingerprint density at radius 2 is 2.24 bits per heavy atom. The van der Waals surface area contributed by atoms with Crippen LogP contribution in [-0.2, 0) is 4.74 Å². The van der Waals surface area contributed by atoms with Gasteiger partial charge in [-0.25, -0.2) is 4.39 Å². The first-order valence-electron chi connectivity index (χ1n) is 7.96. The molecule has 0 bridgehead atoms. The van der Waals surface area contributed by atoms with Gasteiger partial charge in [-0.2, -0.15) is 0 Å². The minimum Gasteiger partial charge on any atom is -0.374 e. The van der Waals surface area contributed by atoms with E-state index in [0.717, 1.165) is 38.2 Å². The van der Waals surface area contributed by atoms with Crippen LogP contribution < -0.4 is 5.32 Å². The minimum absolute atomic E-state index is 0.0437. The lowest BCUT2D eigenvalue weighted by Gasteiger charge is -2.39. The fourth-order valence-electron chi connectivity index (χ4n) is 2.83. The van der Waals surface area contributed by atoms with Crippen molar-refractivity contribution in [2.75, 3.05) is 26.2 Å². The maximum absolute atomic E-state index is 13.5. The lowest BCUT2D eigenvalue weighted by atomic mass is 9.99. The van der Waals surface area contributed by atoms with E-state index in [1.807, 2.05) is 6.07 Å². The molecule has 2 atom stereocenters. The van der Waals surface area contributed by atoms with Gasteiger partial charge < -0.3 is 10.1 Å². The SMILES string of the molecule is CCCNC(c1cccc(F)c1)C1CN(C(C)C)CCO1. The van der Waals surface area contributed by atoms with Gasteiger partial charge >= 0.3 is 0 Å². The first-order valence-corrected chi connectivity index (χ1v) is 7.96. The number of morpholine rings is 1. The predicted molar refractivity (Wildman–Crippen MR) is 83.9 cm³/mol. The van der Waals surface area contributed by atoms with Crippen LogP contribution in [0.2, 0.25) is 0 Å². The Kier molecular flexibility index (Phi) is 6.15. The van der Waals surface area contributed by atoms with Gasteiger partial charge in [0.1, 0.15) is 5.82 Å². The van der Waals surface area contributed by atoms with E-state index in [0.29, 0.717) is 6.04 Å². The molecule has 1 saturated heterocycles. The number of hydrogen-bond acceptors (Lipinski definition) is 3. The second kappa shape index (κ2) is 7.87. The highest BCUT2D eigenvalue weighted by atomic mass is 19.1. The molecule has 1 aliphatic rings. The Morgan fingerprint density at radius 3 is 2.90 bits per heavy atom. The van der Waals surface area contributed by atoms with Gasteiger partial charge in [-0.3, -0.25) is 4.90 Å². The highest BCUT2D eigenvalue weighted by Crippen LogP contribution is 2.24. The molecule has 4 heteroatoms. The molecule has 3 nitrogen and oxygen atoms in total. The number of nitrogens with zero attached hydrogens (tertiary/aromatic N) is 1. The largest absolute Gasteiger partial charge is 0.374 e. The molecule has 1 fully saturated rings. The number of halogens is 1. The van der Waals surface area contributed by atoms with Crippen molar-refractivity contribution >= 4 is 0 Å². The van der Waals surface area contributed by atoms with Crippen LogP contribution in [0.5, 0.6) is 0 Å². The van der Waals surface area contributed by atoms with Gasteiger partial charge in [0.2, 0.25) is 0 Å². The topological polar surface area (TPSA) is 24.5 Å². The first kappa shape index (κ1) is 16.4. The van der Waals surface area contributed by atoms with E-state index >= 15 is 0 Å². The summed E-state index contributed by atoms with van der Waals surface area (Å²) in [5.41, 5.74) is 0.971. The molecular formula is C17H27FN2O. The molecule has 118 valence electrons. The Balaban J connectivity index is 2.15. The van der Waals surface area contributed by atoms with E-state index in [1.165, 1.54) is 6.07 Å². The molecule has 1 aromatic carbocycles. The first-order chi connectivity index (χ1) is 10.1. The Morgan fingerprint density at radius 1 is 1.43 bits per heavy atom. The lowest BCUT2D eigenvalue weighted by molar-refractivity contribution is -0.0560. The molecule has 21 heavy (non-hydrogen) atoms. The molecule has 0 aromatic heterocycles. The van der Waals surface area contributed by atoms with Crippen molar-refractivity contribution < 1.29 is 9.13 Å². The van der Waals surface area contributed by atoms with Crippen LogP contribution in [0, 0.1) is 5.82 Å². The van der Waals surface area contributed by atoms with Crippen LogP contribution in [-0.4, -0.2) is 43.3 Å². The summed E-state index contributed by atoms with van der Waals surface area (Å²) in [6.07, 6.45) is 1.11. The van der Waals surface area contributed by atoms with Crippen LogP contribution in [0.3, 0.4) is 0 Å². The highest BCUT2D eigenvalue weighted by molar-refractivity contribution is 5.21. The number of nitrogens with one attached hydrogen (secondary N) is 1. The summed E-state index contributed by atoms with van der Waals surface area (Å²) in [7, 11) is 0. The summed E-state index contributed by atoms with van der Waals surface area (Å²) in [5.74, 6) is -0.188. The van der Waals surface area contributed by atoms with Crippen LogP contribution in [0.25, 0.3) is 0 Å². The second-order valence-corrected chi connectivity index (χ2v) is 5.98. The van der Waals surface area contributed by atoms with Crippen LogP contribution >= 0.6 is 0 Å². The smallest absolute Gasteiger partial charge is 0.123 e. The van der Waals surface area contributed by atoms with Gasteiger partial charge in [0.25, 0.3) is 0 Å². The fourth-order valence-corrected chi connectivity index (χ4v) is 2.83. The van der Waals surface area contributed by atoms with Crippen LogP contribution in [0.4, 0.5) is 4.39 Å². The van der Waals surface area contributed by atoms with E-state index in [-0.39, 0.29) is 18.0 Å². The molecular weight excluding hydrogens is 267 g/mol. The maximum Gasteiger partial charge on any atom is 0.123 e. The molecule has 1 aliphatic heterocycles. The zero-order valence-electron chi connectivity index (χ0n) is 13.3. The van der Waals surface area contributed by atoms with Gasteiger partial charge in [0.15, 0.2) is 0 Å². The third-order valence-corrected chi connectivity index (χ3v) is 4.05. The number of ether oxygens (including phenoxy) is 1. The predicted octanol–water partition coefficient (Wildman–Crippen LogP) is 2.98. The van der Waals surface area contributed by atoms with Crippen LogP contribution in [0.15, 0.2) is 24.3 Å². The molecule has 2 rings (SSSR count). The molecule has 0 aliphatic carbocycles. The van der Waals surface area contributed by atoms with E-state index in [4.69, 9.17) is 4.74 Å². The van der Waals surface area contributed by atoms with Crippen molar-refractivity contribution in [2.24, 2.45) is 0 Å². The van der Waals surface area contributed by atoms with Crippen molar-refractivity contribution in [3.05, 3.63) is 35.6 Å². The summed E-state index contributed by atoms with van der Waals surface area (Å²) in [6, 6.07) is 7.41. The maximum atomic E-state index is 13.5. The molecule has 0 spiro atoms. The van der Waals surface area contributed by atoms with Gasteiger partial charge in [-0.05, 0) is 44.5 Å². The molecule has 0 amide bonds. The summed E-state index contributed by atoms with van der Waals surface area (Å²) in [4.78, 5) is 2.42. The van der Waals surface area contributed by atoms with Crippen molar-refractivity contribution in [3.8, 4) is 0 Å². The highest BCUT2D eigenvalue weighted by Gasteiger charge is 2.30. The quantitative estimate of drug-likeness (QED) is 0.873. The average Bonchev–Trinajstić information content (AvgIpc) is 2.48. The standard InChI is InChI=1S/C17H27FN2O/c1-4-8-19-17(14-6-5-7-15(18)11-14)16-12-20(13(2)3)9-10-21-16/h5-7,11,13,16-17,19H,4,8-10,12H2,1-3H3. The summed E-state index contributed by atoms with van der Waals surface area (Å²) < 4.78 is 19.5. The molecule has 2 unspecified atom stereocenters. The third kappa shape index (κ3) is 4.50. The van der Waals surface area contributed by atoms with E-state index in [1.54, 1.807) is 12.1 Å². The molecule has 1 aromatic rings. The molecule has 0 saturated carbocycles. The Labute approximate surface area is 127 Å². The number of hydrogen-bond donors (Lipinski definition) is 1. The zero-order chi connectivity index (χ0) is 15.2.